The molecular formula is C30H45NaO7S. The van der Waals surface area contributed by atoms with E-state index < -0.39 is 32.5 Å². The van der Waals surface area contributed by atoms with Crippen LogP contribution in [0.3, 0.4) is 0 Å². The van der Waals surface area contributed by atoms with Gasteiger partial charge in [0, 0.05) is 0 Å². The van der Waals surface area contributed by atoms with Crippen LogP contribution in [0.2, 0.25) is 0 Å². The van der Waals surface area contributed by atoms with Crippen LogP contribution in [0.15, 0.2) is 47.4 Å². The van der Waals surface area contributed by atoms with Crippen molar-refractivity contribution in [2.45, 2.75) is 109 Å². The van der Waals surface area contributed by atoms with Crippen molar-refractivity contribution in [3.8, 4) is 0 Å². The van der Waals surface area contributed by atoms with Gasteiger partial charge in [-0.25, -0.2) is 18.0 Å². The topological polar surface area (TPSA) is 110 Å². The molecule has 0 aliphatic rings. The Hall–Kier alpha value is -1.45. The van der Waals surface area contributed by atoms with Gasteiger partial charge >= 0.3 is 41.5 Å². The third-order valence-electron chi connectivity index (χ3n) is 5.96. The summed E-state index contributed by atoms with van der Waals surface area (Å²) >= 11 is 0. The van der Waals surface area contributed by atoms with Crippen LogP contribution in [0.25, 0.3) is 0 Å². The van der Waals surface area contributed by atoms with Crippen LogP contribution in [-0.4, -0.2) is 38.1 Å². The van der Waals surface area contributed by atoms with Gasteiger partial charge in [-0.3, -0.25) is 0 Å². The van der Waals surface area contributed by atoms with E-state index in [0.717, 1.165) is 83.1 Å². The minimum atomic E-state index is -5.00. The molecule has 214 valence electrons. The van der Waals surface area contributed by atoms with Gasteiger partial charge in [-0.05, 0) is 63.5 Å². The first-order valence-electron chi connectivity index (χ1n) is 14.1. The molecule has 0 heterocycles. The van der Waals surface area contributed by atoms with E-state index in [2.05, 4.69) is 38.2 Å². The monoisotopic (exact) mass is 572 g/mol. The number of carbonyl (C=O) groups is 2. The van der Waals surface area contributed by atoms with Gasteiger partial charge in [0.15, 0.2) is 0 Å². The Morgan fingerprint density at radius 1 is 0.718 bits per heavy atom. The van der Waals surface area contributed by atoms with Gasteiger partial charge in [0.05, 0.1) is 29.2 Å². The number of hydrogen-bond acceptors (Lipinski definition) is 7. The summed E-state index contributed by atoms with van der Waals surface area (Å²) in [6.07, 6.45) is 22.3. The number of unbranched alkanes of at least 4 members (excludes halogenated alkanes) is 10. The molecule has 0 aliphatic carbocycles. The number of ether oxygens (including phenoxy) is 2. The first-order chi connectivity index (χ1) is 18.3. The minimum absolute atomic E-state index is 0. The Labute approximate surface area is 257 Å². The molecule has 0 saturated heterocycles. The van der Waals surface area contributed by atoms with Crippen LogP contribution >= 0.6 is 0 Å². The van der Waals surface area contributed by atoms with Crippen molar-refractivity contribution in [3.05, 3.63) is 53.6 Å². The molecule has 7 nitrogen and oxygen atoms in total. The molecule has 9 heteroatoms. The molecule has 0 N–H and O–H groups in total. The summed E-state index contributed by atoms with van der Waals surface area (Å²) in [5, 5.41) is 0. The van der Waals surface area contributed by atoms with Gasteiger partial charge < -0.3 is 14.0 Å². The quantitative estimate of drug-likeness (QED) is 0.0700. The number of esters is 2. The maximum Gasteiger partial charge on any atom is 1.00 e. The van der Waals surface area contributed by atoms with Crippen LogP contribution < -0.4 is 29.6 Å². The van der Waals surface area contributed by atoms with Crippen molar-refractivity contribution in [1.82, 2.24) is 0 Å². The fraction of sp³-hybridized carbons (Fsp3) is 0.600. The summed E-state index contributed by atoms with van der Waals surface area (Å²) in [4.78, 5) is 24.7. The Kier molecular flexibility index (Phi) is 22.4. The van der Waals surface area contributed by atoms with Crippen LogP contribution in [-0.2, 0) is 19.6 Å². The van der Waals surface area contributed by atoms with Crippen LogP contribution in [0, 0.1) is 0 Å². The number of allylic oxidation sites excluding steroid dienone is 4. The summed E-state index contributed by atoms with van der Waals surface area (Å²) in [7, 11) is -5.00. The van der Waals surface area contributed by atoms with Crippen LogP contribution in [0.4, 0.5) is 0 Å². The maximum atomic E-state index is 12.8. The second-order valence-corrected chi connectivity index (χ2v) is 10.7. The van der Waals surface area contributed by atoms with Crippen LogP contribution in [0.5, 0.6) is 0 Å². The molecule has 1 aromatic carbocycles. The predicted molar refractivity (Wildman–Crippen MR) is 149 cm³/mol. The molecule has 0 radical (unpaired) electrons. The molecule has 0 aliphatic heterocycles. The standard InChI is InChI=1S/C30H46O7S.Na/c1-3-5-7-9-11-13-15-17-19-24-36-29(31)26-22-21-23-27(38(33,34)35)28(26)30(32)37-25-20-18-16-14-12-10-8-6-4-2;/h7-10,21-23H,3-6,11-20,24-25H2,1-2H3,(H,33,34,35);/q;+1/p-1/b9-7+,10-8+;. The summed E-state index contributed by atoms with van der Waals surface area (Å²) in [5.41, 5.74) is -0.820. The second-order valence-electron chi connectivity index (χ2n) is 9.33. The largest absolute Gasteiger partial charge is 1.00 e. The zero-order valence-corrected chi connectivity index (χ0v) is 26.9. The zero-order chi connectivity index (χ0) is 28.1. The number of carbonyl (C=O) groups excluding carboxylic acids is 2. The van der Waals surface area contributed by atoms with E-state index in [0.29, 0.717) is 12.8 Å². The average Bonchev–Trinajstić information content (AvgIpc) is 2.89. The SMILES string of the molecule is CCC/C=C/CCCCCCOC(=O)c1cccc(S(=O)(=O)[O-])c1C(=O)OCCCCCC/C=C/CCC.[Na+]. The summed E-state index contributed by atoms with van der Waals surface area (Å²) in [6, 6.07) is 3.54. The van der Waals surface area contributed by atoms with Gasteiger partial charge in [-0.15, -0.1) is 0 Å². The zero-order valence-electron chi connectivity index (χ0n) is 24.1. The van der Waals surface area contributed by atoms with Gasteiger partial charge in [0.2, 0.25) is 0 Å². The van der Waals surface area contributed by atoms with Crippen molar-refractivity contribution in [1.29, 1.82) is 0 Å². The molecule has 0 spiro atoms. The minimum Gasteiger partial charge on any atom is -0.744 e. The van der Waals surface area contributed by atoms with Gasteiger partial charge in [0.1, 0.15) is 10.1 Å². The Morgan fingerprint density at radius 2 is 1.18 bits per heavy atom. The predicted octanol–water partition coefficient (Wildman–Crippen LogP) is 4.52. The van der Waals surface area contributed by atoms with Crippen molar-refractivity contribution in [2.75, 3.05) is 13.2 Å². The van der Waals surface area contributed by atoms with E-state index in [1.54, 1.807) is 0 Å². The summed E-state index contributed by atoms with van der Waals surface area (Å²) in [5.74, 6) is -1.85. The molecule has 0 atom stereocenters. The molecule has 0 amide bonds. The summed E-state index contributed by atoms with van der Waals surface area (Å²) in [6.45, 7) is 4.49. The van der Waals surface area contributed by atoms with E-state index in [-0.39, 0.29) is 48.3 Å². The average molecular weight is 573 g/mol. The Balaban J connectivity index is 0.0000144. The third kappa shape index (κ3) is 17.1. The van der Waals surface area contributed by atoms with E-state index in [4.69, 9.17) is 9.47 Å². The van der Waals surface area contributed by atoms with E-state index >= 15 is 0 Å². The fourth-order valence-corrected chi connectivity index (χ4v) is 4.53. The van der Waals surface area contributed by atoms with E-state index in [1.165, 1.54) is 12.1 Å². The van der Waals surface area contributed by atoms with Gasteiger partial charge in [-0.1, -0.05) is 82.7 Å². The molecule has 0 unspecified atom stereocenters. The van der Waals surface area contributed by atoms with Gasteiger partial charge in [-0.2, -0.15) is 0 Å². The molecule has 1 aromatic rings. The molecule has 0 saturated carbocycles. The molecule has 0 bridgehead atoms. The number of hydrogen-bond donors (Lipinski definition) is 0. The van der Waals surface area contributed by atoms with E-state index in [9.17, 15) is 22.6 Å². The fourth-order valence-electron chi connectivity index (χ4n) is 3.84. The molecule has 0 aromatic heterocycles. The Morgan fingerprint density at radius 3 is 1.67 bits per heavy atom. The van der Waals surface area contributed by atoms with Gasteiger partial charge in [0.25, 0.3) is 0 Å². The first kappa shape index (κ1) is 37.6. The van der Waals surface area contributed by atoms with E-state index in [1.807, 2.05) is 0 Å². The molecular weight excluding hydrogens is 527 g/mol. The Bertz CT molecular complexity index is 987. The molecule has 0 fully saturated rings. The normalized spacial score (nSPS) is 11.6. The van der Waals surface area contributed by atoms with Crippen molar-refractivity contribution >= 4 is 22.1 Å². The number of benzene rings is 1. The van der Waals surface area contributed by atoms with Crippen molar-refractivity contribution in [3.63, 3.8) is 0 Å². The first-order valence-corrected chi connectivity index (χ1v) is 15.5. The van der Waals surface area contributed by atoms with Crippen LogP contribution in [0.1, 0.15) is 124 Å². The van der Waals surface area contributed by atoms with Crippen molar-refractivity contribution in [2.24, 2.45) is 0 Å². The maximum absolute atomic E-state index is 12.8. The smallest absolute Gasteiger partial charge is 0.744 e. The number of rotatable bonds is 21. The molecule has 39 heavy (non-hydrogen) atoms. The second kappa shape index (κ2) is 23.3. The van der Waals surface area contributed by atoms with Crippen molar-refractivity contribution < 1.29 is 61.6 Å². The summed E-state index contributed by atoms with van der Waals surface area (Å²) < 4.78 is 45.9. The molecule has 1 rings (SSSR count). The third-order valence-corrected chi connectivity index (χ3v) is 6.84.